The fourth-order valence-corrected chi connectivity index (χ4v) is 4.46. The van der Waals surface area contributed by atoms with Crippen LogP contribution in [0.2, 0.25) is 0 Å². The van der Waals surface area contributed by atoms with Gasteiger partial charge in [-0.1, -0.05) is 44.2 Å². The van der Waals surface area contributed by atoms with Gasteiger partial charge in [0.05, 0.1) is 33.8 Å². The molecule has 0 bridgehead atoms. The molecule has 0 saturated heterocycles. The zero-order chi connectivity index (χ0) is 23.1. The molecule has 2 unspecified atom stereocenters. The Morgan fingerprint density at radius 3 is 2.09 bits per heavy atom. The van der Waals surface area contributed by atoms with Crippen LogP contribution in [-0.4, -0.2) is 27.2 Å². The molecule has 2 aromatic carbocycles. The Labute approximate surface area is 194 Å². The first-order valence-corrected chi connectivity index (χ1v) is 11.6. The van der Waals surface area contributed by atoms with E-state index in [2.05, 4.69) is 49.5 Å². The van der Waals surface area contributed by atoms with Crippen LogP contribution in [0, 0.1) is 0 Å². The first kappa shape index (κ1) is 23.7. The molecule has 0 aliphatic carbocycles. The Bertz CT molecular complexity index is 990. The average Bonchev–Trinajstić information content (AvgIpc) is 3.36. The van der Waals surface area contributed by atoms with Crippen LogP contribution in [0.25, 0.3) is 0 Å². The van der Waals surface area contributed by atoms with Crippen LogP contribution >= 0.6 is 11.3 Å². The smallest absolute Gasteiger partial charge is 0.225 e. The number of ether oxygens (including phenoxy) is 3. The lowest BCUT2D eigenvalue weighted by Crippen LogP contribution is -2.30. The topological polar surface area (TPSA) is 56.8 Å². The summed E-state index contributed by atoms with van der Waals surface area (Å²) in [5.74, 6) is 2.01. The average molecular weight is 454 g/mol. The van der Waals surface area contributed by atoms with Crippen LogP contribution in [0.5, 0.6) is 17.2 Å². The molecule has 1 aromatic heterocycles. The fraction of sp³-hybridized carbons (Fsp3) is 0.346. The number of methoxy groups -OCH3 is 3. The zero-order valence-corrected chi connectivity index (χ0v) is 20.1. The van der Waals surface area contributed by atoms with Gasteiger partial charge in [0.1, 0.15) is 0 Å². The molecule has 0 fully saturated rings. The van der Waals surface area contributed by atoms with Crippen molar-refractivity contribution in [1.82, 2.24) is 5.32 Å². The first-order valence-electron chi connectivity index (χ1n) is 10.7. The van der Waals surface area contributed by atoms with Gasteiger partial charge in [-0.3, -0.25) is 4.79 Å². The van der Waals surface area contributed by atoms with Crippen LogP contribution in [-0.2, 0) is 11.2 Å². The lowest BCUT2D eigenvalue weighted by molar-refractivity contribution is -0.120. The molecular formula is C26H31NO4S. The number of carbonyl (C=O) groups is 1. The van der Waals surface area contributed by atoms with Crippen molar-refractivity contribution in [3.05, 3.63) is 75.5 Å². The standard InChI is InChI=1S/C26H31NO4S/c1-6-17(2)19-9-11-20(12-10-19)25(23-8-7-13-32-23)27-24(28)16-18-14-21(29-3)26(31-5)22(15-18)30-4/h7-15,17,25H,6,16H2,1-5H3,(H,27,28). The second kappa shape index (κ2) is 11.0. The van der Waals surface area contributed by atoms with Gasteiger partial charge in [-0.2, -0.15) is 0 Å². The third-order valence-corrected chi connectivity index (χ3v) is 6.61. The van der Waals surface area contributed by atoms with E-state index in [0.29, 0.717) is 23.2 Å². The third-order valence-electron chi connectivity index (χ3n) is 5.67. The van der Waals surface area contributed by atoms with Crippen molar-refractivity contribution in [2.24, 2.45) is 0 Å². The second-order valence-corrected chi connectivity index (χ2v) is 8.68. The Morgan fingerprint density at radius 2 is 1.59 bits per heavy atom. The molecule has 3 aromatic rings. The van der Waals surface area contributed by atoms with Gasteiger partial charge in [-0.05, 0) is 52.6 Å². The molecule has 0 saturated carbocycles. The summed E-state index contributed by atoms with van der Waals surface area (Å²) < 4.78 is 16.2. The molecule has 6 heteroatoms. The quantitative estimate of drug-likeness (QED) is 0.426. The molecule has 170 valence electrons. The predicted molar refractivity (Wildman–Crippen MR) is 129 cm³/mol. The van der Waals surface area contributed by atoms with E-state index in [0.717, 1.165) is 22.4 Å². The van der Waals surface area contributed by atoms with Gasteiger partial charge >= 0.3 is 0 Å². The largest absolute Gasteiger partial charge is 0.493 e. The zero-order valence-electron chi connectivity index (χ0n) is 19.3. The SMILES string of the molecule is CCC(C)c1ccc(C(NC(=O)Cc2cc(OC)c(OC)c(OC)c2)c2cccs2)cc1. The van der Waals surface area contributed by atoms with E-state index < -0.39 is 0 Å². The summed E-state index contributed by atoms with van der Waals surface area (Å²) in [7, 11) is 4.69. The Morgan fingerprint density at radius 1 is 0.969 bits per heavy atom. The molecule has 0 radical (unpaired) electrons. The van der Waals surface area contributed by atoms with Crippen molar-refractivity contribution < 1.29 is 19.0 Å². The summed E-state index contributed by atoms with van der Waals surface area (Å²) in [6, 6.07) is 16.0. The number of amides is 1. The number of rotatable bonds is 10. The summed E-state index contributed by atoms with van der Waals surface area (Å²) in [5.41, 5.74) is 3.16. The van der Waals surface area contributed by atoms with E-state index in [9.17, 15) is 4.79 Å². The molecule has 0 aliphatic rings. The highest BCUT2D eigenvalue weighted by Gasteiger charge is 2.20. The number of benzene rings is 2. The molecule has 32 heavy (non-hydrogen) atoms. The molecule has 0 aliphatic heterocycles. The molecule has 0 spiro atoms. The molecule has 1 N–H and O–H groups in total. The van der Waals surface area contributed by atoms with E-state index in [1.165, 1.54) is 5.56 Å². The van der Waals surface area contributed by atoms with E-state index in [-0.39, 0.29) is 18.4 Å². The Hall–Kier alpha value is -2.99. The summed E-state index contributed by atoms with van der Waals surface area (Å²) in [4.78, 5) is 14.1. The van der Waals surface area contributed by atoms with Crippen LogP contribution in [0.4, 0.5) is 0 Å². The molecule has 2 atom stereocenters. The van der Waals surface area contributed by atoms with E-state index in [1.54, 1.807) is 32.7 Å². The third kappa shape index (κ3) is 5.43. The summed E-state index contributed by atoms with van der Waals surface area (Å²) in [5, 5.41) is 5.24. The van der Waals surface area contributed by atoms with Gasteiger partial charge in [-0.25, -0.2) is 0 Å². The number of nitrogens with one attached hydrogen (secondary N) is 1. The highest BCUT2D eigenvalue weighted by molar-refractivity contribution is 7.10. The van der Waals surface area contributed by atoms with Crippen LogP contribution in [0.3, 0.4) is 0 Å². The summed E-state index contributed by atoms with van der Waals surface area (Å²) >= 11 is 1.63. The first-order chi connectivity index (χ1) is 15.5. The number of carbonyl (C=O) groups excluding carboxylic acids is 1. The maximum Gasteiger partial charge on any atom is 0.225 e. The van der Waals surface area contributed by atoms with E-state index >= 15 is 0 Å². The van der Waals surface area contributed by atoms with Gasteiger partial charge in [0, 0.05) is 4.88 Å². The minimum absolute atomic E-state index is 0.0799. The van der Waals surface area contributed by atoms with Crippen molar-refractivity contribution >= 4 is 17.2 Å². The molecular weight excluding hydrogens is 422 g/mol. The second-order valence-electron chi connectivity index (χ2n) is 7.70. The Kier molecular flexibility index (Phi) is 8.17. The summed E-state index contributed by atoms with van der Waals surface area (Å²) in [6.45, 7) is 4.42. The normalized spacial score (nSPS) is 12.7. The maximum atomic E-state index is 13.0. The molecule has 3 rings (SSSR count). The highest BCUT2D eigenvalue weighted by Crippen LogP contribution is 2.38. The van der Waals surface area contributed by atoms with Crippen LogP contribution in [0.15, 0.2) is 53.9 Å². The van der Waals surface area contributed by atoms with E-state index in [4.69, 9.17) is 14.2 Å². The number of hydrogen-bond acceptors (Lipinski definition) is 5. The van der Waals surface area contributed by atoms with Crippen LogP contribution in [0.1, 0.15) is 53.8 Å². The lowest BCUT2D eigenvalue weighted by atomic mass is 9.95. The number of thiophene rings is 1. The summed E-state index contributed by atoms with van der Waals surface area (Å²) in [6.07, 6.45) is 1.29. The fourth-order valence-electron chi connectivity index (χ4n) is 3.66. The molecule has 1 amide bonds. The van der Waals surface area contributed by atoms with Crippen LogP contribution < -0.4 is 19.5 Å². The van der Waals surface area contributed by atoms with Gasteiger partial charge in [-0.15, -0.1) is 11.3 Å². The van der Waals surface area contributed by atoms with Crippen molar-refractivity contribution in [2.45, 2.75) is 38.6 Å². The van der Waals surface area contributed by atoms with Gasteiger partial charge in [0.25, 0.3) is 0 Å². The van der Waals surface area contributed by atoms with E-state index in [1.807, 2.05) is 23.6 Å². The minimum atomic E-state index is -0.199. The van der Waals surface area contributed by atoms with Crippen molar-refractivity contribution in [1.29, 1.82) is 0 Å². The van der Waals surface area contributed by atoms with Crippen molar-refractivity contribution in [3.8, 4) is 17.2 Å². The molecule has 5 nitrogen and oxygen atoms in total. The minimum Gasteiger partial charge on any atom is -0.493 e. The van der Waals surface area contributed by atoms with Gasteiger partial charge in [0.15, 0.2) is 11.5 Å². The van der Waals surface area contributed by atoms with Gasteiger partial charge < -0.3 is 19.5 Å². The lowest BCUT2D eigenvalue weighted by Gasteiger charge is -2.20. The highest BCUT2D eigenvalue weighted by atomic mass is 32.1. The van der Waals surface area contributed by atoms with Crippen molar-refractivity contribution in [2.75, 3.05) is 21.3 Å². The Balaban J connectivity index is 1.83. The monoisotopic (exact) mass is 453 g/mol. The molecule has 1 heterocycles. The predicted octanol–water partition coefficient (Wildman–Crippen LogP) is 5.74. The number of hydrogen-bond donors (Lipinski definition) is 1. The maximum absolute atomic E-state index is 13.0. The van der Waals surface area contributed by atoms with Gasteiger partial charge in [0.2, 0.25) is 11.7 Å². The van der Waals surface area contributed by atoms with Crippen molar-refractivity contribution in [3.63, 3.8) is 0 Å².